The standard InChI is InChI=1S/C14H19N3O3/c1-10(2-7-13(18)19)16-11-3-5-12(6-4-11)17-9-8-15-14(17)20/h3-6,10,16H,2,7-9H2,1H3,(H,15,20)(H,18,19). The summed E-state index contributed by atoms with van der Waals surface area (Å²) in [6.07, 6.45) is 0.728. The predicted octanol–water partition coefficient (Wildman–Crippen LogP) is 1.88. The topological polar surface area (TPSA) is 81.7 Å². The molecule has 0 aliphatic carbocycles. The number of benzene rings is 1. The molecule has 1 heterocycles. The highest BCUT2D eigenvalue weighted by molar-refractivity contribution is 5.94. The summed E-state index contributed by atoms with van der Waals surface area (Å²) in [5.74, 6) is -0.783. The van der Waals surface area contributed by atoms with Crippen molar-refractivity contribution in [1.29, 1.82) is 0 Å². The number of hydrogen-bond donors (Lipinski definition) is 3. The number of nitrogens with one attached hydrogen (secondary N) is 2. The van der Waals surface area contributed by atoms with Gasteiger partial charge in [-0.15, -0.1) is 0 Å². The predicted molar refractivity (Wildman–Crippen MR) is 77.1 cm³/mol. The molecule has 1 aliphatic heterocycles. The number of hydrogen-bond acceptors (Lipinski definition) is 3. The monoisotopic (exact) mass is 277 g/mol. The Morgan fingerprint density at radius 2 is 2.15 bits per heavy atom. The zero-order valence-corrected chi connectivity index (χ0v) is 11.4. The summed E-state index contributed by atoms with van der Waals surface area (Å²) < 4.78 is 0. The number of carboxylic acid groups (broad SMARTS) is 1. The molecule has 0 saturated carbocycles. The van der Waals surface area contributed by atoms with Crippen molar-refractivity contribution in [2.75, 3.05) is 23.3 Å². The van der Waals surface area contributed by atoms with Gasteiger partial charge in [0, 0.05) is 36.9 Å². The first-order valence-corrected chi connectivity index (χ1v) is 6.70. The van der Waals surface area contributed by atoms with E-state index in [2.05, 4.69) is 10.6 Å². The Bertz CT molecular complexity index is 487. The van der Waals surface area contributed by atoms with Crippen molar-refractivity contribution < 1.29 is 14.7 Å². The minimum absolute atomic E-state index is 0.0689. The first-order valence-electron chi connectivity index (χ1n) is 6.70. The number of amides is 2. The molecule has 108 valence electrons. The number of urea groups is 1. The molecule has 0 radical (unpaired) electrons. The highest BCUT2D eigenvalue weighted by Gasteiger charge is 2.20. The van der Waals surface area contributed by atoms with E-state index in [4.69, 9.17) is 5.11 Å². The molecule has 3 N–H and O–H groups in total. The quantitative estimate of drug-likeness (QED) is 0.741. The van der Waals surface area contributed by atoms with E-state index in [1.54, 1.807) is 4.90 Å². The second kappa shape index (κ2) is 6.27. The van der Waals surface area contributed by atoms with Gasteiger partial charge in [0.25, 0.3) is 0 Å². The number of rotatable bonds is 6. The molecular weight excluding hydrogens is 258 g/mol. The molecule has 1 unspecified atom stereocenters. The molecule has 0 spiro atoms. The van der Waals surface area contributed by atoms with Gasteiger partial charge in [0.15, 0.2) is 0 Å². The molecule has 6 heteroatoms. The minimum Gasteiger partial charge on any atom is -0.481 e. The first kappa shape index (κ1) is 14.2. The van der Waals surface area contributed by atoms with Crippen molar-refractivity contribution in [1.82, 2.24) is 5.32 Å². The normalized spacial score (nSPS) is 15.8. The average Bonchev–Trinajstić information content (AvgIpc) is 2.84. The van der Waals surface area contributed by atoms with Crippen LogP contribution in [-0.2, 0) is 4.79 Å². The van der Waals surface area contributed by atoms with Crippen LogP contribution in [0, 0.1) is 0 Å². The molecule has 6 nitrogen and oxygen atoms in total. The van der Waals surface area contributed by atoms with Crippen LogP contribution < -0.4 is 15.5 Å². The van der Waals surface area contributed by atoms with E-state index in [9.17, 15) is 9.59 Å². The van der Waals surface area contributed by atoms with Crippen molar-refractivity contribution in [3.63, 3.8) is 0 Å². The summed E-state index contributed by atoms with van der Waals surface area (Å²) in [4.78, 5) is 23.7. The number of anilines is 2. The Morgan fingerprint density at radius 1 is 1.45 bits per heavy atom. The van der Waals surface area contributed by atoms with Crippen LogP contribution in [0.2, 0.25) is 0 Å². The Morgan fingerprint density at radius 3 is 2.70 bits per heavy atom. The molecule has 1 atom stereocenters. The summed E-state index contributed by atoms with van der Waals surface area (Å²) >= 11 is 0. The molecule has 1 saturated heterocycles. The van der Waals surface area contributed by atoms with Crippen LogP contribution in [0.15, 0.2) is 24.3 Å². The number of carboxylic acids is 1. The van der Waals surface area contributed by atoms with Crippen LogP contribution in [-0.4, -0.2) is 36.2 Å². The third-order valence-electron chi connectivity index (χ3n) is 3.24. The zero-order valence-electron chi connectivity index (χ0n) is 11.4. The molecular formula is C14H19N3O3. The molecule has 2 amide bonds. The van der Waals surface area contributed by atoms with E-state index >= 15 is 0 Å². The van der Waals surface area contributed by atoms with Gasteiger partial charge in [-0.3, -0.25) is 9.69 Å². The third-order valence-corrected chi connectivity index (χ3v) is 3.24. The van der Waals surface area contributed by atoms with E-state index in [1.807, 2.05) is 31.2 Å². The highest BCUT2D eigenvalue weighted by atomic mass is 16.4. The average molecular weight is 277 g/mol. The summed E-state index contributed by atoms with van der Waals surface area (Å²) in [5.41, 5.74) is 1.79. The van der Waals surface area contributed by atoms with Crippen LogP contribution in [0.3, 0.4) is 0 Å². The number of nitrogens with zero attached hydrogens (tertiary/aromatic N) is 1. The Kier molecular flexibility index (Phi) is 4.45. The summed E-state index contributed by atoms with van der Waals surface area (Å²) in [6.45, 7) is 3.30. The van der Waals surface area contributed by atoms with Gasteiger partial charge < -0.3 is 15.7 Å². The van der Waals surface area contributed by atoms with E-state index in [-0.39, 0.29) is 18.5 Å². The molecule has 1 aromatic carbocycles. The molecule has 0 aromatic heterocycles. The lowest BCUT2D eigenvalue weighted by Crippen LogP contribution is -2.27. The fourth-order valence-electron chi connectivity index (χ4n) is 2.15. The van der Waals surface area contributed by atoms with Gasteiger partial charge in [0.2, 0.25) is 0 Å². The van der Waals surface area contributed by atoms with Gasteiger partial charge in [0.05, 0.1) is 0 Å². The number of aliphatic carboxylic acids is 1. The van der Waals surface area contributed by atoms with Crippen molar-refractivity contribution >= 4 is 23.4 Å². The van der Waals surface area contributed by atoms with E-state index in [0.717, 1.165) is 11.4 Å². The summed E-state index contributed by atoms with van der Waals surface area (Å²) in [7, 11) is 0. The fourth-order valence-corrected chi connectivity index (χ4v) is 2.15. The van der Waals surface area contributed by atoms with Gasteiger partial charge in [-0.25, -0.2) is 4.79 Å². The van der Waals surface area contributed by atoms with Crippen LogP contribution >= 0.6 is 0 Å². The van der Waals surface area contributed by atoms with E-state index < -0.39 is 5.97 Å². The first-order chi connectivity index (χ1) is 9.56. The smallest absolute Gasteiger partial charge is 0.321 e. The second-order valence-corrected chi connectivity index (χ2v) is 4.91. The molecule has 20 heavy (non-hydrogen) atoms. The van der Waals surface area contributed by atoms with E-state index in [0.29, 0.717) is 19.5 Å². The maximum Gasteiger partial charge on any atom is 0.321 e. The molecule has 2 rings (SSSR count). The maximum absolute atomic E-state index is 11.5. The van der Waals surface area contributed by atoms with Crippen molar-refractivity contribution in [3.05, 3.63) is 24.3 Å². The van der Waals surface area contributed by atoms with Crippen molar-refractivity contribution in [2.24, 2.45) is 0 Å². The minimum atomic E-state index is -0.783. The van der Waals surface area contributed by atoms with Gasteiger partial charge in [0.1, 0.15) is 0 Å². The Balaban J connectivity index is 1.91. The molecule has 0 bridgehead atoms. The van der Waals surface area contributed by atoms with Crippen molar-refractivity contribution in [2.45, 2.75) is 25.8 Å². The lowest BCUT2D eigenvalue weighted by atomic mass is 10.1. The molecule has 1 aliphatic rings. The largest absolute Gasteiger partial charge is 0.481 e. The van der Waals surface area contributed by atoms with Crippen LogP contribution in [0.4, 0.5) is 16.2 Å². The summed E-state index contributed by atoms with van der Waals surface area (Å²) in [6, 6.07) is 7.60. The number of carbonyl (C=O) groups is 2. The Labute approximate surface area is 117 Å². The van der Waals surface area contributed by atoms with E-state index in [1.165, 1.54) is 0 Å². The maximum atomic E-state index is 11.5. The van der Waals surface area contributed by atoms with Gasteiger partial charge in [-0.1, -0.05) is 0 Å². The zero-order chi connectivity index (χ0) is 14.5. The molecule has 1 fully saturated rings. The molecule has 1 aromatic rings. The second-order valence-electron chi connectivity index (χ2n) is 4.91. The van der Waals surface area contributed by atoms with Crippen LogP contribution in [0.25, 0.3) is 0 Å². The van der Waals surface area contributed by atoms with Gasteiger partial charge in [-0.2, -0.15) is 0 Å². The van der Waals surface area contributed by atoms with Gasteiger partial charge in [-0.05, 0) is 37.6 Å². The fraction of sp³-hybridized carbons (Fsp3) is 0.429. The number of carbonyl (C=O) groups excluding carboxylic acids is 1. The lowest BCUT2D eigenvalue weighted by molar-refractivity contribution is -0.137. The SMILES string of the molecule is CC(CCC(=O)O)Nc1ccc(N2CCNC2=O)cc1. The Hall–Kier alpha value is -2.24. The third kappa shape index (κ3) is 3.63. The lowest BCUT2D eigenvalue weighted by Gasteiger charge is -2.17. The van der Waals surface area contributed by atoms with Crippen LogP contribution in [0.1, 0.15) is 19.8 Å². The highest BCUT2D eigenvalue weighted by Crippen LogP contribution is 2.20. The summed E-state index contributed by atoms with van der Waals surface area (Å²) in [5, 5.41) is 14.6. The van der Waals surface area contributed by atoms with Crippen molar-refractivity contribution in [3.8, 4) is 0 Å². The van der Waals surface area contributed by atoms with Gasteiger partial charge >= 0.3 is 12.0 Å². The van der Waals surface area contributed by atoms with Crippen LogP contribution in [0.5, 0.6) is 0 Å².